The average Bonchev–Trinajstić information content (AvgIpc) is 2.70. The topological polar surface area (TPSA) is 78.4 Å². The molecule has 0 spiro atoms. The van der Waals surface area contributed by atoms with Gasteiger partial charge in [-0.15, -0.1) is 0 Å². The van der Waals surface area contributed by atoms with Crippen LogP contribution >= 0.6 is 0 Å². The number of anilines is 3. The van der Waals surface area contributed by atoms with E-state index in [1.165, 1.54) is 18.6 Å². The van der Waals surface area contributed by atoms with E-state index in [9.17, 15) is 9.90 Å². The third-order valence-corrected chi connectivity index (χ3v) is 4.48. The molecule has 2 N–H and O–H groups in total. The van der Waals surface area contributed by atoms with Crippen molar-refractivity contribution in [1.82, 2.24) is 9.97 Å². The van der Waals surface area contributed by atoms with Crippen LogP contribution in [0.15, 0.2) is 72.7 Å². The number of fused-ring (bicyclic) bond motifs is 1. The van der Waals surface area contributed by atoms with Gasteiger partial charge in [0.05, 0.1) is 24.0 Å². The molecule has 0 saturated carbocycles. The van der Waals surface area contributed by atoms with Crippen LogP contribution in [0.3, 0.4) is 0 Å². The summed E-state index contributed by atoms with van der Waals surface area (Å²) in [6.45, 7) is 2.28. The van der Waals surface area contributed by atoms with Crippen LogP contribution in [0.25, 0.3) is 5.76 Å². The van der Waals surface area contributed by atoms with Crippen molar-refractivity contribution in [2.24, 2.45) is 0 Å². The molecular formula is C21H18N4O2. The molecule has 4 rings (SSSR count). The number of nitrogens with zero attached hydrogens (tertiary/aromatic N) is 3. The number of aliphatic hydroxyl groups is 1. The second kappa shape index (κ2) is 6.92. The van der Waals surface area contributed by atoms with Crippen LogP contribution < -0.4 is 10.2 Å². The highest BCUT2D eigenvalue weighted by Gasteiger charge is 2.29. The average molecular weight is 358 g/mol. The number of amides is 1. The minimum atomic E-state index is -0.403. The Bertz CT molecular complexity index is 1010. The number of aliphatic hydroxyl groups excluding tert-OH is 1. The van der Waals surface area contributed by atoms with Crippen LogP contribution in [0.1, 0.15) is 11.1 Å². The summed E-state index contributed by atoms with van der Waals surface area (Å²) in [6, 6.07) is 15.6. The normalized spacial score (nSPS) is 13.3. The molecule has 3 aromatic rings. The standard InChI is InChI=1S/C21H18N4O2/c1-14-6-8-15(9-7-14)25-13-17(20(26)16-4-2-3-5-18(16)25)21(27)24-19-12-22-10-11-23-19/h2-12,26H,13H2,1H3,(H,23,24,27). The Morgan fingerprint density at radius 3 is 2.63 bits per heavy atom. The first-order valence-electron chi connectivity index (χ1n) is 8.56. The Morgan fingerprint density at radius 2 is 1.89 bits per heavy atom. The highest BCUT2D eigenvalue weighted by atomic mass is 16.3. The lowest BCUT2D eigenvalue weighted by molar-refractivity contribution is -0.112. The molecule has 0 saturated heterocycles. The number of rotatable bonds is 3. The quantitative estimate of drug-likeness (QED) is 0.744. The molecule has 0 aliphatic carbocycles. The van der Waals surface area contributed by atoms with Gasteiger partial charge in [-0.05, 0) is 31.2 Å². The predicted molar refractivity (Wildman–Crippen MR) is 105 cm³/mol. The fraction of sp³-hybridized carbons (Fsp3) is 0.0952. The Balaban J connectivity index is 1.74. The largest absolute Gasteiger partial charge is 0.507 e. The number of carbonyl (C=O) groups excluding carboxylic acids is 1. The molecule has 1 aromatic heterocycles. The van der Waals surface area contributed by atoms with E-state index in [2.05, 4.69) is 15.3 Å². The maximum atomic E-state index is 12.8. The van der Waals surface area contributed by atoms with E-state index in [-0.39, 0.29) is 17.9 Å². The van der Waals surface area contributed by atoms with Gasteiger partial charge in [0.15, 0.2) is 5.82 Å². The summed E-state index contributed by atoms with van der Waals surface area (Å²) < 4.78 is 0. The van der Waals surface area contributed by atoms with Crippen molar-refractivity contribution in [3.63, 3.8) is 0 Å². The maximum absolute atomic E-state index is 12.8. The molecule has 134 valence electrons. The van der Waals surface area contributed by atoms with Crippen LogP contribution in [0.5, 0.6) is 0 Å². The summed E-state index contributed by atoms with van der Waals surface area (Å²) >= 11 is 0. The summed E-state index contributed by atoms with van der Waals surface area (Å²) in [7, 11) is 0. The van der Waals surface area contributed by atoms with Crippen LogP contribution in [-0.2, 0) is 4.79 Å². The molecule has 0 atom stereocenters. The van der Waals surface area contributed by atoms with Gasteiger partial charge < -0.3 is 15.3 Å². The van der Waals surface area contributed by atoms with E-state index < -0.39 is 5.91 Å². The number of hydrogen-bond donors (Lipinski definition) is 2. The Kier molecular flexibility index (Phi) is 4.30. The van der Waals surface area contributed by atoms with Crippen LogP contribution in [0, 0.1) is 6.92 Å². The zero-order valence-electron chi connectivity index (χ0n) is 14.8. The van der Waals surface area contributed by atoms with Crippen molar-refractivity contribution in [2.45, 2.75) is 6.92 Å². The van der Waals surface area contributed by atoms with Crippen molar-refractivity contribution in [2.75, 3.05) is 16.8 Å². The molecule has 2 aromatic carbocycles. The van der Waals surface area contributed by atoms with E-state index in [4.69, 9.17) is 0 Å². The van der Waals surface area contributed by atoms with Gasteiger partial charge in [-0.25, -0.2) is 4.98 Å². The molecule has 6 nitrogen and oxygen atoms in total. The van der Waals surface area contributed by atoms with E-state index in [1.54, 1.807) is 6.07 Å². The molecule has 6 heteroatoms. The molecular weight excluding hydrogens is 340 g/mol. The van der Waals surface area contributed by atoms with Gasteiger partial charge in [-0.1, -0.05) is 29.8 Å². The third kappa shape index (κ3) is 3.25. The monoisotopic (exact) mass is 358 g/mol. The van der Waals surface area contributed by atoms with Gasteiger partial charge in [-0.3, -0.25) is 9.78 Å². The number of nitrogens with one attached hydrogen (secondary N) is 1. The second-order valence-corrected chi connectivity index (χ2v) is 6.31. The SMILES string of the molecule is Cc1ccc(N2CC(C(=O)Nc3cnccn3)=C(O)c3ccccc32)cc1. The second-order valence-electron chi connectivity index (χ2n) is 6.31. The third-order valence-electron chi connectivity index (χ3n) is 4.48. The van der Waals surface area contributed by atoms with Gasteiger partial charge in [-0.2, -0.15) is 0 Å². The molecule has 27 heavy (non-hydrogen) atoms. The number of aromatic nitrogens is 2. The van der Waals surface area contributed by atoms with E-state index in [1.807, 2.05) is 54.3 Å². The number of hydrogen-bond acceptors (Lipinski definition) is 5. The Morgan fingerprint density at radius 1 is 1.11 bits per heavy atom. The first-order chi connectivity index (χ1) is 13.1. The van der Waals surface area contributed by atoms with Gasteiger partial charge in [0.25, 0.3) is 5.91 Å². The van der Waals surface area contributed by atoms with Crippen LogP contribution in [0.4, 0.5) is 17.2 Å². The molecule has 1 aliphatic heterocycles. The van der Waals surface area contributed by atoms with Crippen molar-refractivity contribution in [3.8, 4) is 0 Å². The minimum Gasteiger partial charge on any atom is -0.507 e. The van der Waals surface area contributed by atoms with Crippen LogP contribution in [-0.4, -0.2) is 27.5 Å². The van der Waals surface area contributed by atoms with Crippen molar-refractivity contribution < 1.29 is 9.90 Å². The summed E-state index contributed by atoms with van der Waals surface area (Å²) in [4.78, 5) is 22.8. The fourth-order valence-corrected chi connectivity index (χ4v) is 3.08. The number of para-hydroxylation sites is 1. The molecule has 1 aliphatic rings. The highest BCUT2D eigenvalue weighted by molar-refractivity contribution is 6.10. The van der Waals surface area contributed by atoms with Crippen molar-refractivity contribution >= 4 is 28.9 Å². The molecule has 1 amide bonds. The molecule has 0 fully saturated rings. The molecule has 2 heterocycles. The lowest BCUT2D eigenvalue weighted by Gasteiger charge is -2.32. The fourth-order valence-electron chi connectivity index (χ4n) is 3.08. The number of benzene rings is 2. The lowest BCUT2D eigenvalue weighted by atomic mass is 9.99. The maximum Gasteiger partial charge on any atom is 0.258 e. The molecule has 0 unspecified atom stereocenters. The summed E-state index contributed by atoms with van der Waals surface area (Å²) in [5, 5.41) is 13.4. The predicted octanol–water partition coefficient (Wildman–Crippen LogP) is 3.84. The summed E-state index contributed by atoms with van der Waals surface area (Å²) in [5.41, 5.74) is 3.86. The van der Waals surface area contributed by atoms with E-state index in [0.717, 1.165) is 16.9 Å². The number of carbonyl (C=O) groups is 1. The lowest BCUT2D eigenvalue weighted by Crippen LogP contribution is -2.31. The molecule has 0 bridgehead atoms. The van der Waals surface area contributed by atoms with Crippen molar-refractivity contribution in [1.29, 1.82) is 0 Å². The molecule has 0 radical (unpaired) electrons. The zero-order valence-corrected chi connectivity index (χ0v) is 14.8. The van der Waals surface area contributed by atoms with E-state index >= 15 is 0 Å². The Hall–Kier alpha value is -3.67. The number of aryl methyl sites for hydroxylation is 1. The first-order valence-corrected chi connectivity index (χ1v) is 8.56. The minimum absolute atomic E-state index is 0.0182. The summed E-state index contributed by atoms with van der Waals surface area (Å²) in [6.07, 6.45) is 4.49. The zero-order chi connectivity index (χ0) is 18.8. The first kappa shape index (κ1) is 16.8. The van der Waals surface area contributed by atoms with Gasteiger partial charge >= 0.3 is 0 Å². The van der Waals surface area contributed by atoms with Gasteiger partial charge in [0.2, 0.25) is 0 Å². The van der Waals surface area contributed by atoms with Crippen molar-refractivity contribution in [3.05, 3.63) is 83.8 Å². The smallest absolute Gasteiger partial charge is 0.258 e. The summed E-state index contributed by atoms with van der Waals surface area (Å²) in [5.74, 6) is -0.0847. The van der Waals surface area contributed by atoms with Gasteiger partial charge in [0, 0.05) is 23.6 Å². The highest BCUT2D eigenvalue weighted by Crippen LogP contribution is 2.38. The van der Waals surface area contributed by atoms with Gasteiger partial charge in [0.1, 0.15) is 5.76 Å². The van der Waals surface area contributed by atoms with E-state index in [0.29, 0.717) is 11.4 Å². The van der Waals surface area contributed by atoms with Crippen LogP contribution in [0.2, 0.25) is 0 Å². The Labute approximate surface area is 156 Å².